The van der Waals surface area contributed by atoms with E-state index in [1.54, 1.807) is 0 Å². The Labute approximate surface area is 107 Å². The van der Waals surface area contributed by atoms with Crippen LogP contribution < -0.4 is 0 Å². The molecule has 94 valence electrons. The number of hydrogen-bond acceptors (Lipinski definition) is 0. The van der Waals surface area contributed by atoms with Gasteiger partial charge >= 0.3 is 0 Å². The maximum Gasteiger partial charge on any atom is 0.0509 e. The van der Waals surface area contributed by atoms with Crippen LogP contribution in [0, 0.1) is 12.3 Å². The Morgan fingerprint density at radius 2 is 0.938 bits per heavy atom. The van der Waals surface area contributed by atoms with Crippen molar-refractivity contribution in [3.8, 4) is 12.3 Å². The molecule has 0 saturated heterocycles. The number of hydrogen-bond donors (Lipinski definition) is 0. The molecule has 0 aromatic carbocycles. The van der Waals surface area contributed by atoms with Gasteiger partial charge in [0.05, 0.1) is 6.63 Å². The van der Waals surface area contributed by atoms with Crippen molar-refractivity contribution in [3.05, 3.63) is 0 Å². The standard InChI is InChI=1S/C12H30Si4/c1-11-12-16(13(2,3)4,14(5,6)7)15(8,9)10/h1H,12H2,2-10H3. The first-order chi connectivity index (χ1) is 6.81. The molecule has 0 N–H and O–H groups in total. The maximum absolute atomic E-state index is 5.76. The fourth-order valence-electron chi connectivity index (χ4n) is 4.32. The second-order valence-electron chi connectivity index (χ2n) is 8.04. The molecule has 4 heteroatoms. The lowest BCUT2D eigenvalue weighted by Gasteiger charge is -2.56. The highest BCUT2D eigenvalue weighted by molar-refractivity contribution is 7.89. The average Bonchev–Trinajstić information content (AvgIpc) is 1.91. The minimum atomic E-state index is -1.22. The fraction of sp³-hybridized carbons (Fsp3) is 0.833. The first-order valence-electron chi connectivity index (χ1n) is 6.25. The molecule has 0 saturated carbocycles. The topological polar surface area (TPSA) is 0 Å². The van der Waals surface area contributed by atoms with E-state index in [9.17, 15) is 0 Å². The van der Waals surface area contributed by atoms with Gasteiger partial charge in [0, 0.05) is 22.8 Å². The third-order valence-electron chi connectivity index (χ3n) is 4.21. The molecule has 0 aromatic heterocycles. The van der Waals surface area contributed by atoms with E-state index in [0.29, 0.717) is 0 Å². The van der Waals surface area contributed by atoms with Crippen molar-refractivity contribution in [2.45, 2.75) is 65.0 Å². The molecule has 0 aliphatic heterocycles. The molecule has 0 spiro atoms. The van der Waals surface area contributed by atoms with Gasteiger partial charge in [-0.3, -0.25) is 0 Å². The van der Waals surface area contributed by atoms with Crippen LogP contribution >= 0.6 is 0 Å². The molecular weight excluding hydrogens is 256 g/mol. The summed E-state index contributed by atoms with van der Waals surface area (Å²) in [4.78, 5) is 0. The van der Waals surface area contributed by atoms with Crippen LogP contribution in [0.15, 0.2) is 0 Å². The zero-order valence-corrected chi connectivity index (χ0v) is 16.8. The predicted octanol–water partition coefficient (Wildman–Crippen LogP) is 4.32. The summed E-state index contributed by atoms with van der Waals surface area (Å²) >= 11 is 0. The van der Waals surface area contributed by atoms with Crippen molar-refractivity contribution in [1.82, 2.24) is 0 Å². The third-order valence-corrected chi connectivity index (χ3v) is 77.8. The van der Waals surface area contributed by atoms with Gasteiger partial charge in [-0.25, -0.2) is 0 Å². The lowest BCUT2D eigenvalue weighted by atomic mass is 10.8. The summed E-state index contributed by atoms with van der Waals surface area (Å²) in [6.45, 7) is 22.1. The summed E-state index contributed by atoms with van der Waals surface area (Å²) in [6.07, 6.45) is 5.76. The van der Waals surface area contributed by atoms with E-state index in [0.717, 1.165) is 6.04 Å². The van der Waals surface area contributed by atoms with E-state index >= 15 is 0 Å². The largest absolute Gasteiger partial charge is 0.120 e. The highest BCUT2D eigenvalue weighted by Crippen LogP contribution is 2.39. The van der Waals surface area contributed by atoms with Gasteiger partial charge < -0.3 is 0 Å². The lowest BCUT2D eigenvalue weighted by molar-refractivity contribution is 1.64. The van der Waals surface area contributed by atoms with E-state index in [2.05, 4.69) is 64.8 Å². The molecule has 0 aliphatic carbocycles. The number of terminal acetylenes is 1. The van der Waals surface area contributed by atoms with Crippen LogP contribution in [0.2, 0.25) is 65.0 Å². The Bertz CT molecular complexity index is 244. The van der Waals surface area contributed by atoms with E-state index in [-0.39, 0.29) is 0 Å². The Balaban J connectivity index is 5.95. The zero-order chi connectivity index (χ0) is 13.4. The fourth-order valence-corrected chi connectivity index (χ4v) is 99.7. The molecule has 0 amide bonds. The van der Waals surface area contributed by atoms with Crippen molar-refractivity contribution < 1.29 is 0 Å². The van der Waals surface area contributed by atoms with Crippen LogP contribution in [0.1, 0.15) is 0 Å². The second-order valence-corrected chi connectivity index (χ2v) is 49.4. The van der Waals surface area contributed by atoms with Crippen LogP contribution in [0.5, 0.6) is 0 Å². The zero-order valence-electron chi connectivity index (χ0n) is 12.8. The number of rotatable bonds is 4. The van der Waals surface area contributed by atoms with Gasteiger partial charge in [-0.15, -0.1) is 12.3 Å². The van der Waals surface area contributed by atoms with Gasteiger partial charge in [0.1, 0.15) is 0 Å². The Hall–Kier alpha value is 0.428. The van der Waals surface area contributed by atoms with Crippen LogP contribution in [0.4, 0.5) is 0 Å². The molecule has 0 atom stereocenters. The van der Waals surface area contributed by atoms with Crippen molar-refractivity contribution in [2.24, 2.45) is 0 Å². The van der Waals surface area contributed by atoms with E-state index in [1.807, 2.05) is 0 Å². The molecule has 0 rings (SSSR count). The molecule has 0 unspecified atom stereocenters. The van der Waals surface area contributed by atoms with Crippen molar-refractivity contribution in [1.29, 1.82) is 0 Å². The summed E-state index contributed by atoms with van der Waals surface area (Å²) < 4.78 is 0. The first-order valence-corrected chi connectivity index (χ1v) is 22.0. The summed E-state index contributed by atoms with van der Waals surface area (Å²) in [6, 6.07) is 1.16. The van der Waals surface area contributed by atoms with Crippen LogP contribution in [-0.2, 0) is 0 Å². The summed E-state index contributed by atoms with van der Waals surface area (Å²) in [7, 11) is -3.33. The van der Waals surface area contributed by atoms with Gasteiger partial charge in [-0.2, -0.15) is 0 Å². The highest BCUT2D eigenvalue weighted by atomic mass is 29.9. The molecule has 0 fully saturated rings. The highest BCUT2D eigenvalue weighted by Gasteiger charge is 2.60. The molecule has 0 bridgehead atoms. The van der Waals surface area contributed by atoms with E-state index in [1.165, 1.54) is 0 Å². The normalized spacial score (nSPS) is 14.8. The lowest BCUT2D eigenvalue weighted by Crippen LogP contribution is -2.82. The molecular formula is C12H30Si4. The van der Waals surface area contributed by atoms with Gasteiger partial charge in [-0.05, 0) is 6.04 Å². The van der Waals surface area contributed by atoms with Crippen molar-refractivity contribution >= 4 is 29.4 Å². The molecule has 0 aromatic rings. The molecule has 0 radical (unpaired) electrons. The van der Waals surface area contributed by atoms with Gasteiger partial charge in [0.25, 0.3) is 0 Å². The summed E-state index contributed by atoms with van der Waals surface area (Å²) in [5.74, 6) is 3.09. The quantitative estimate of drug-likeness (QED) is 0.533. The first kappa shape index (κ1) is 16.4. The summed E-state index contributed by atoms with van der Waals surface area (Å²) in [5.41, 5.74) is 0. The molecule has 0 nitrogen and oxygen atoms in total. The predicted molar refractivity (Wildman–Crippen MR) is 89.4 cm³/mol. The van der Waals surface area contributed by atoms with Gasteiger partial charge in [-0.1, -0.05) is 58.9 Å². The third kappa shape index (κ3) is 2.63. The second kappa shape index (κ2) is 4.60. The minimum absolute atomic E-state index is 1.11. The Kier molecular flexibility index (Phi) is 4.72. The van der Waals surface area contributed by atoms with Crippen LogP contribution in [-0.4, -0.2) is 29.4 Å². The van der Waals surface area contributed by atoms with E-state index < -0.39 is 29.4 Å². The molecule has 0 aliphatic rings. The maximum atomic E-state index is 5.76. The Morgan fingerprint density at radius 1 is 0.688 bits per heavy atom. The van der Waals surface area contributed by atoms with E-state index in [4.69, 9.17) is 6.42 Å². The van der Waals surface area contributed by atoms with Gasteiger partial charge in [0.15, 0.2) is 0 Å². The SMILES string of the molecule is C#CC[Si]([Si](C)(C)C)([Si](C)(C)C)[Si](C)(C)C. The average molecular weight is 287 g/mol. The van der Waals surface area contributed by atoms with Crippen LogP contribution in [0.25, 0.3) is 0 Å². The summed E-state index contributed by atoms with van der Waals surface area (Å²) in [5, 5.41) is 0. The Morgan fingerprint density at radius 3 is 1.00 bits per heavy atom. The smallest absolute Gasteiger partial charge is 0.0509 e. The monoisotopic (exact) mass is 286 g/mol. The van der Waals surface area contributed by atoms with Gasteiger partial charge in [0.2, 0.25) is 0 Å². The van der Waals surface area contributed by atoms with Crippen molar-refractivity contribution in [3.63, 3.8) is 0 Å². The molecule has 16 heavy (non-hydrogen) atoms. The van der Waals surface area contributed by atoms with Crippen molar-refractivity contribution in [2.75, 3.05) is 0 Å². The molecule has 0 heterocycles. The minimum Gasteiger partial charge on any atom is -0.120 e. The van der Waals surface area contributed by atoms with Crippen LogP contribution in [0.3, 0.4) is 0 Å².